The number of carbonyl (C=O) groups is 5. The van der Waals surface area contributed by atoms with E-state index in [0.717, 1.165) is 20.3 Å². The molecular weight excluding hydrogens is 512 g/mol. The Balaban J connectivity index is 1.33. The summed E-state index contributed by atoms with van der Waals surface area (Å²) < 4.78 is 0. The summed E-state index contributed by atoms with van der Waals surface area (Å²) in [5.74, 6) is -3.62. The van der Waals surface area contributed by atoms with Crippen LogP contribution in [-0.4, -0.2) is 65.0 Å². The number of rotatable bonds is 6. The molecule has 10 nitrogen and oxygen atoms in total. The molecule has 0 aliphatic carbocycles. The van der Waals surface area contributed by atoms with Crippen molar-refractivity contribution in [1.82, 2.24) is 9.80 Å². The van der Waals surface area contributed by atoms with Crippen LogP contribution in [0.3, 0.4) is 0 Å². The van der Waals surface area contributed by atoms with Gasteiger partial charge in [0.1, 0.15) is 12.1 Å². The van der Waals surface area contributed by atoms with Crippen LogP contribution in [0.15, 0.2) is 84.9 Å². The standard InChI is InChI=1S/C30H28N4O6/c1-31-25(35)23(27(37)33(29(31)39)21-9-5-3-6-10-21)17-19-13-15-20(16-14-19)18-24-26(36)32(2)30(40)34(28(24)38)22-11-7-4-8-12-22/h3-16,23-24,27,37H,17-18H2,1-2H3. The highest BCUT2D eigenvalue weighted by molar-refractivity contribution is 6.27. The number of barbiturate groups is 1. The zero-order valence-electron chi connectivity index (χ0n) is 22.0. The molecule has 3 unspecified atom stereocenters. The first-order valence-corrected chi connectivity index (χ1v) is 12.8. The van der Waals surface area contributed by atoms with E-state index in [9.17, 15) is 29.1 Å². The second-order valence-electron chi connectivity index (χ2n) is 9.87. The third-order valence-corrected chi connectivity index (χ3v) is 7.36. The molecule has 0 saturated carbocycles. The van der Waals surface area contributed by atoms with Crippen molar-refractivity contribution in [3.8, 4) is 0 Å². The molecule has 3 aromatic rings. The van der Waals surface area contributed by atoms with Gasteiger partial charge in [-0.3, -0.25) is 29.1 Å². The van der Waals surface area contributed by atoms with Gasteiger partial charge in [0, 0.05) is 19.8 Å². The minimum absolute atomic E-state index is 0.0862. The molecule has 7 amide bonds. The van der Waals surface area contributed by atoms with Gasteiger partial charge in [-0.25, -0.2) is 14.5 Å². The summed E-state index contributed by atoms with van der Waals surface area (Å²) in [6.45, 7) is 0. The molecule has 204 valence electrons. The number of hydrogen-bond acceptors (Lipinski definition) is 6. The van der Waals surface area contributed by atoms with E-state index >= 15 is 0 Å². The van der Waals surface area contributed by atoms with Gasteiger partial charge in [-0.05, 0) is 48.2 Å². The SMILES string of the molecule is CN1C(=O)C(Cc2ccc(CC3C(=O)N(C)C(=O)N(c4ccccc4)C3O)cc2)C(=O)N(c2ccccc2)C1=O. The maximum Gasteiger partial charge on any atom is 0.337 e. The molecule has 3 atom stereocenters. The Morgan fingerprint density at radius 3 is 1.68 bits per heavy atom. The van der Waals surface area contributed by atoms with E-state index < -0.39 is 47.8 Å². The number of benzene rings is 3. The van der Waals surface area contributed by atoms with Crippen LogP contribution in [0.25, 0.3) is 0 Å². The van der Waals surface area contributed by atoms with Crippen LogP contribution in [0.1, 0.15) is 11.1 Å². The van der Waals surface area contributed by atoms with Gasteiger partial charge in [0.25, 0.3) is 0 Å². The topological polar surface area (TPSA) is 119 Å². The van der Waals surface area contributed by atoms with E-state index in [2.05, 4.69) is 0 Å². The molecule has 3 aromatic carbocycles. The third-order valence-electron chi connectivity index (χ3n) is 7.36. The van der Waals surface area contributed by atoms with E-state index in [1.807, 2.05) is 0 Å². The quantitative estimate of drug-likeness (QED) is 0.480. The number of imide groups is 3. The number of para-hydroxylation sites is 2. The van der Waals surface area contributed by atoms with Gasteiger partial charge in [-0.2, -0.15) is 0 Å². The van der Waals surface area contributed by atoms with E-state index in [0.29, 0.717) is 16.9 Å². The van der Waals surface area contributed by atoms with Crippen molar-refractivity contribution in [1.29, 1.82) is 0 Å². The van der Waals surface area contributed by atoms with E-state index in [1.165, 1.54) is 19.0 Å². The van der Waals surface area contributed by atoms with Gasteiger partial charge in [0.2, 0.25) is 17.7 Å². The molecule has 2 saturated heterocycles. The first-order chi connectivity index (χ1) is 19.2. The molecule has 10 heteroatoms. The van der Waals surface area contributed by atoms with Crippen molar-refractivity contribution in [2.24, 2.45) is 11.8 Å². The fraction of sp³-hybridized carbons (Fsp3) is 0.233. The van der Waals surface area contributed by atoms with Crippen molar-refractivity contribution < 1.29 is 29.1 Å². The number of carbonyl (C=O) groups excluding carboxylic acids is 5. The smallest absolute Gasteiger partial charge is 0.337 e. The molecule has 0 bridgehead atoms. The lowest BCUT2D eigenvalue weighted by atomic mass is 9.91. The molecule has 1 N–H and O–H groups in total. The van der Waals surface area contributed by atoms with Gasteiger partial charge < -0.3 is 5.11 Å². The first kappa shape index (κ1) is 26.8. The molecule has 0 aromatic heterocycles. The van der Waals surface area contributed by atoms with Gasteiger partial charge >= 0.3 is 12.1 Å². The van der Waals surface area contributed by atoms with E-state index in [-0.39, 0.29) is 12.8 Å². The third kappa shape index (κ3) is 4.73. The van der Waals surface area contributed by atoms with Gasteiger partial charge in [-0.15, -0.1) is 0 Å². The molecule has 0 spiro atoms. The zero-order valence-corrected chi connectivity index (χ0v) is 22.0. The van der Waals surface area contributed by atoms with Crippen molar-refractivity contribution in [3.05, 3.63) is 96.1 Å². The summed E-state index contributed by atoms with van der Waals surface area (Å²) in [5, 5.41) is 11.0. The van der Waals surface area contributed by atoms with Gasteiger partial charge in [-0.1, -0.05) is 60.7 Å². The highest BCUT2D eigenvalue weighted by Gasteiger charge is 2.46. The number of anilines is 2. The fourth-order valence-electron chi connectivity index (χ4n) is 5.09. The monoisotopic (exact) mass is 540 g/mol. The number of aliphatic hydroxyl groups excluding tert-OH is 1. The minimum atomic E-state index is -1.35. The fourth-order valence-corrected chi connectivity index (χ4v) is 5.09. The number of nitrogens with zero attached hydrogens (tertiary/aromatic N) is 4. The minimum Gasteiger partial charge on any atom is -0.372 e. The summed E-state index contributed by atoms with van der Waals surface area (Å²) in [4.78, 5) is 68.8. The summed E-state index contributed by atoms with van der Waals surface area (Å²) in [6.07, 6.45) is -1.10. The number of aliphatic hydroxyl groups is 1. The first-order valence-electron chi connectivity index (χ1n) is 12.8. The average Bonchev–Trinajstić information content (AvgIpc) is 2.97. The Morgan fingerprint density at radius 1 is 0.600 bits per heavy atom. The van der Waals surface area contributed by atoms with Crippen LogP contribution in [0.5, 0.6) is 0 Å². The second kappa shape index (κ2) is 10.7. The molecular formula is C30H28N4O6. The lowest BCUT2D eigenvalue weighted by Gasteiger charge is -2.41. The Hall–Kier alpha value is -4.83. The normalized spacial score (nSPS) is 21.9. The average molecular weight is 541 g/mol. The Labute approximate surface area is 231 Å². The van der Waals surface area contributed by atoms with Crippen molar-refractivity contribution in [2.45, 2.75) is 19.1 Å². The Morgan fingerprint density at radius 2 is 1.10 bits per heavy atom. The molecule has 2 aliphatic heterocycles. The molecule has 40 heavy (non-hydrogen) atoms. The predicted octanol–water partition coefficient (Wildman–Crippen LogP) is 3.05. The highest BCUT2D eigenvalue weighted by Crippen LogP contribution is 2.30. The van der Waals surface area contributed by atoms with Crippen molar-refractivity contribution in [2.75, 3.05) is 23.9 Å². The molecule has 2 aliphatic rings. The Kier molecular flexibility index (Phi) is 7.19. The maximum atomic E-state index is 13.3. The van der Waals surface area contributed by atoms with Crippen LogP contribution in [0.4, 0.5) is 21.0 Å². The number of hydrogen-bond donors (Lipinski definition) is 1. The van der Waals surface area contributed by atoms with Crippen LogP contribution in [0, 0.1) is 11.8 Å². The molecule has 0 radical (unpaired) electrons. The van der Waals surface area contributed by atoms with Crippen LogP contribution in [0.2, 0.25) is 0 Å². The summed E-state index contributed by atoms with van der Waals surface area (Å²) >= 11 is 0. The Bertz CT molecular complexity index is 1460. The molecule has 2 fully saturated rings. The number of amides is 7. The second-order valence-corrected chi connectivity index (χ2v) is 9.87. The largest absolute Gasteiger partial charge is 0.372 e. The lowest BCUT2D eigenvalue weighted by molar-refractivity contribution is -0.140. The highest BCUT2D eigenvalue weighted by atomic mass is 16.3. The van der Waals surface area contributed by atoms with Crippen LogP contribution < -0.4 is 9.80 Å². The zero-order chi connectivity index (χ0) is 28.6. The lowest BCUT2D eigenvalue weighted by Crippen LogP contribution is -2.61. The predicted molar refractivity (Wildman–Crippen MR) is 146 cm³/mol. The molecule has 2 heterocycles. The summed E-state index contributed by atoms with van der Waals surface area (Å²) in [7, 11) is 2.75. The van der Waals surface area contributed by atoms with Crippen molar-refractivity contribution >= 4 is 41.2 Å². The maximum absolute atomic E-state index is 13.3. The van der Waals surface area contributed by atoms with Crippen LogP contribution in [-0.2, 0) is 27.2 Å². The van der Waals surface area contributed by atoms with Crippen LogP contribution >= 0.6 is 0 Å². The van der Waals surface area contributed by atoms with Gasteiger partial charge in [0.05, 0.1) is 11.6 Å². The summed E-state index contributed by atoms with van der Waals surface area (Å²) in [5.41, 5.74) is 2.30. The molecule has 5 rings (SSSR count). The van der Waals surface area contributed by atoms with E-state index in [1.54, 1.807) is 84.9 Å². The van der Waals surface area contributed by atoms with Gasteiger partial charge in [0.15, 0.2) is 0 Å². The summed E-state index contributed by atoms with van der Waals surface area (Å²) in [6, 6.07) is 22.8. The van der Waals surface area contributed by atoms with E-state index in [4.69, 9.17) is 0 Å². The van der Waals surface area contributed by atoms with Crippen molar-refractivity contribution in [3.63, 3.8) is 0 Å². The number of urea groups is 2.